The highest BCUT2D eigenvalue weighted by Crippen LogP contribution is 2.32. The van der Waals surface area contributed by atoms with Crippen molar-refractivity contribution in [3.63, 3.8) is 0 Å². The Morgan fingerprint density at radius 1 is 1.16 bits per heavy atom. The van der Waals surface area contributed by atoms with E-state index >= 15 is 0 Å². The maximum Gasteiger partial charge on any atom is 0.191 e. The van der Waals surface area contributed by atoms with Gasteiger partial charge in [-0.1, -0.05) is 19.4 Å². The Morgan fingerprint density at radius 3 is 2.61 bits per heavy atom. The highest BCUT2D eigenvalue weighted by Gasteiger charge is 2.26. The number of guanidine groups is 1. The molecule has 2 fully saturated rings. The van der Waals surface area contributed by atoms with Gasteiger partial charge in [0.2, 0.25) is 0 Å². The van der Waals surface area contributed by atoms with Gasteiger partial charge in [0.05, 0.1) is 13.2 Å². The van der Waals surface area contributed by atoms with Gasteiger partial charge in [0.15, 0.2) is 17.5 Å². The van der Waals surface area contributed by atoms with Crippen molar-refractivity contribution in [2.45, 2.75) is 82.2 Å². The molecule has 31 heavy (non-hydrogen) atoms. The van der Waals surface area contributed by atoms with Crippen LogP contribution in [-0.2, 0) is 17.3 Å². The van der Waals surface area contributed by atoms with Crippen LogP contribution in [0, 0.1) is 0 Å². The molecule has 3 unspecified atom stereocenters. The van der Waals surface area contributed by atoms with Gasteiger partial charge >= 0.3 is 0 Å². The number of benzene rings is 1. The van der Waals surface area contributed by atoms with Crippen LogP contribution < -0.4 is 20.1 Å². The molecule has 0 aromatic heterocycles. The van der Waals surface area contributed by atoms with Gasteiger partial charge in [-0.2, -0.15) is 0 Å². The molecule has 1 aromatic rings. The minimum atomic E-state index is -0.719. The number of rotatable bonds is 8. The third-order valence-electron chi connectivity index (χ3n) is 6.13. The zero-order chi connectivity index (χ0) is 21.3. The summed E-state index contributed by atoms with van der Waals surface area (Å²) in [4.78, 5) is 4.38. The fraction of sp³-hybridized carbons (Fsp3) is 0.696. The van der Waals surface area contributed by atoms with E-state index in [1.54, 1.807) is 14.2 Å². The predicted octanol–water partition coefficient (Wildman–Crippen LogP) is 4.38. The predicted molar refractivity (Wildman–Crippen MR) is 139 cm³/mol. The van der Waals surface area contributed by atoms with Crippen LogP contribution >= 0.6 is 24.0 Å². The third kappa shape index (κ3) is 7.80. The lowest BCUT2D eigenvalue weighted by Crippen LogP contribution is -2.46. The topological polar surface area (TPSA) is 72.0 Å². The second kappa shape index (κ2) is 13.5. The van der Waals surface area contributed by atoms with E-state index in [0.717, 1.165) is 67.3 Å². The molecule has 2 aliphatic carbocycles. The molecule has 8 heteroatoms. The first-order chi connectivity index (χ1) is 14.6. The molecular weight excluding hydrogens is 525 g/mol. The highest BCUT2D eigenvalue weighted by molar-refractivity contribution is 14.0. The van der Waals surface area contributed by atoms with Gasteiger partial charge in [0.1, 0.15) is 0 Å². The Balaban J connectivity index is 0.00000341. The number of halogens is 1. The first-order valence-corrected chi connectivity index (χ1v) is 12.7. The van der Waals surface area contributed by atoms with E-state index in [1.807, 2.05) is 19.1 Å². The van der Waals surface area contributed by atoms with Crippen molar-refractivity contribution in [2.24, 2.45) is 4.99 Å². The first kappa shape index (κ1) is 26.2. The van der Waals surface area contributed by atoms with Crippen molar-refractivity contribution in [2.75, 3.05) is 19.9 Å². The van der Waals surface area contributed by atoms with Crippen molar-refractivity contribution < 1.29 is 13.7 Å². The number of nitrogens with zero attached hydrogens (tertiary/aromatic N) is 1. The molecule has 6 nitrogen and oxygen atoms in total. The number of ether oxygens (including phenoxy) is 2. The van der Waals surface area contributed by atoms with E-state index in [0.29, 0.717) is 23.9 Å². The molecule has 2 saturated carbocycles. The summed E-state index contributed by atoms with van der Waals surface area (Å²) in [5.41, 5.74) is 1.11. The molecule has 176 valence electrons. The van der Waals surface area contributed by atoms with Gasteiger partial charge in [-0.05, 0) is 62.6 Å². The van der Waals surface area contributed by atoms with Gasteiger partial charge in [-0.3, -0.25) is 9.20 Å². The second-order valence-electron chi connectivity index (χ2n) is 8.23. The normalized spacial score (nSPS) is 23.0. The van der Waals surface area contributed by atoms with Crippen LogP contribution in [0.2, 0.25) is 0 Å². The summed E-state index contributed by atoms with van der Waals surface area (Å²) in [6.07, 6.45) is 9.29. The van der Waals surface area contributed by atoms with Crippen LogP contribution in [0.4, 0.5) is 0 Å². The van der Waals surface area contributed by atoms with Crippen LogP contribution in [0.1, 0.15) is 63.9 Å². The van der Waals surface area contributed by atoms with Crippen molar-refractivity contribution >= 4 is 40.7 Å². The summed E-state index contributed by atoms with van der Waals surface area (Å²) in [6, 6.07) is 6.44. The van der Waals surface area contributed by atoms with Crippen LogP contribution in [0.5, 0.6) is 11.5 Å². The van der Waals surface area contributed by atoms with Gasteiger partial charge in [0, 0.05) is 41.4 Å². The van der Waals surface area contributed by atoms with Crippen LogP contribution in [0.3, 0.4) is 0 Å². The van der Waals surface area contributed by atoms with E-state index in [1.165, 1.54) is 12.8 Å². The number of hydrogen-bond acceptors (Lipinski definition) is 4. The Morgan fingerprint density at radius 2 is 1.94 bits per heavy atom. The molecule has 3 atom stereocenters. The van der Waals surface area contributed by atoms with Crippen molar-refractivity contribution in [3.05, 3.63) is 23.8 Å². The number of aliphatic imine (C=N–C) groups is 1. The van der Waals surface area contributed by atoms with E-state index in [4.69, 9.17) is 9.47 Å². The fourth-order valence-electron chi connectivity index (χ4n) is 4.43. The molecule has 0 spiro atoms. The summed E-state index contributed by atoms with van der Waals surface area (Å²) in [5.74, 6) is 3.13. The lowest BCUT2D eigenvalue weighted by molar-refractivity contribution is 0.200. The minimum Gasteiger partial charge on any atom is -0.493 e. The Kier molecular flexibility index (Phi) is 11.4. The van der Waals surface area contributed by atoms with Crippen LogP contribution in [0.15, 0.2) is 23.2 Å². The quantitative estimate of drug-likeness (QED) is 0.279. The number of hydrogen-bond donors (Lipinski definition) is 2. The molecule has 3 rings (SSSR count). The lowest BCUT2D eigenvalue weighted by Gasteiger charge is -2.30. The molecular formula is C23H38IN3O3S. The van der Waals surface area contributed by atoms with Crippen molar-refractivity contribution in [1.82, 2.24) is 10.6 Å². The molecule has 0 saturated heterocycles. The first-order valence-electron chi connectivity index (χ1n) is 11.3. The van der Waals surface area contributed by atoms with Crippen molar-refractivity contribution in [3.8, 4) is 11.5 Å². The molecule has 2 aliphatic rings. The number of methoxy groups -OCH3 is 1. The summed E-state index contributed by atoms with van der Waals surface area (Å²) >= 11 is 0. The summed E-state index contributed by atoms with van der Waals surface area (Å²) in [7, 11) is 2.76. The van der Waals surface area contributed by atoms with E-state index in [-0.39, 0.29) is 24.0 Å². The maximum absolute atomic E-state index is 12.2. The van der Waals surface area contributed by atoms with E-state index in [2.05, 4.69) is 21.7 Å². The summed E-state index contributed by atoms with van der Waals surface area (Å²) < 4.78 is 23.9. The molecule has 0 heterocycles. The van der Waals surface area contributed by atoms with E-state index in [9.17, 15) is 4.21 Å². The van der Waals surface area contributed by atoms with Gasteiger partial charge in [0.25, 0.3) is 0 Å². The van der Waals surface area contributed by atoms with Gasteiger partial charge < -0.3 is 20.1 Å². The average Bonchev–Trinajstić information content (AvgIpc) is 3.30. The largest absolute Gasteiger partial charge is 0.493 e. The summed E-state index contributed by atoms with van der Waals surface area (Å²) in [6.45, 7) is 2.66. The second-order valence-corrected chi connectivity index (χ2v) is 10.2. The third-order valence-corrected chi connectivity index (χ3v) is 7.87. The number of nitrogens with one attached hydrogen (secondary N) is 2. The van der Waals surface area contributed by atoms with E-state index < -0.39 is 10.8 Å². The van der Waals surface area contributed by atoms with Gasteiger partial charge in [-0.25, -0.2) is 0 Å². The SMILES string of the molecule is CCS(=O)C1CCCC(NC(=NC)NCc2ccc(OC3CCCC3)c(OC)c2)C1.I. The zero-order valence-electron chi connectivity index (χ0n) is 19.0. The highest BCUT2D eigenvalue weighted by atomic mass is 127. The van der Waals surface area contributed by atoms with Crippen LogP contribution in [-0.4, -0.2) is 47.5 Å². The summed E-state index contributed by atoms with van der Waals surface area (Å²) in [5, 5.41) is 7.23. The monoisotopic (exact) mass is 563 g/mol. The molecule has 0 radical (unpaired) electrons. The smallest absolute Gasteiger partial charge is 0.191 e. The molecule has 2 N–H and O–H groups in total. The van der Waals surface area contributed by atoms with Gasteiger partial charge in [-0.15, -0.1) is 24.0 Å². The molecule has 0 amide bonds. The van der Waals surface area contributed by atoms with Crippen LogP contribution in [0.25, 0.3) is 0 Å². The Labute approximate surface area is 206 Å². The Bertz CT molecular complexity index is 741. The molecule has 0 bridgehead atoms. The standard InChI is InChI=1S/C23H37N3O3S.HI/c1-4-30(27)20-11-7-8-18(15-20)26-23(24-2)25-16-17-12-13-21(22(14-17)28-3)29-19-9-5-6-10-19;/h12-14,18-20H,4-11,15-16H2,1-3H3,(H2,24,25,26);1H. The Hall–Kier alpha value is -1.03. The minimum absolute atomic E-state index is 0. The molecule has 0 aliphatic heterocycles. The maximum atomic E-state index is 12.2. The zero-order valence-corrected chi connectivity index (χ0v) is 22.2. The lowest BCUT2D eigenvalue weighted by atomic mass is 9.95. The fourth-order valence-corrected chi connectivity index (χ4v) is 5.78. The van der Waals surface area contributed by atoms with Crippen molar-refractivity contribution in [1.29, 1.82) is 0 Å². The molecule has 1 aromatic carbocycles. The average molecular weight is 564 g/mol.